The van der Waals surface area contributed by atoms with Gasteiger partial charge in [0.05, 0.1) is 5.52 Å². The Hall–Kier alpha value is -2.89. The largest absolute Gasteiger partial charge is 0.490 e. The summed E-state index contributed by atoms with van der Waals surface area (Å²) < 4.78 is 63.5. The number of alkyl halides is 6. The van der Waals surface area contributed by atoms with Gasteiger partial charge in [-0.05, 0) is 30.7 Å². The van der Waals surface area contributed by atoms with Gasteiger partial charge in [0.25, 0.3) is 0 Å². The van der Waals surface area contributed by atoms with Crippen LogP contribution in [0.3, 0.4) is 0 Å². The molecular formula is C15H14F6N2O4. The molecule has 0 aliphatic rings. The van der Waals surface area contributed by atoms with Crippen LogP contribution in [0.15, 0.2) is 36.5 Å². The molecular weight excluding hydrogens is 386 g/mol. The van der Waals surface area contributed by atoms with E-state index in [0.29, 0.717) is 6.54 Å². The second-order valence-electron chi connectivity index (χ2n) is 4.63. The predicted octanol–water partition coefficient (Wildman–Crippen LogP) is 3.00. The van der Waals surface area contributed by atoms with Crippen molar-refractivity contribution >= 4 is 22.8 Å². The van der Waals surface area contributed by atoms with Gasteiger partial charge in [-0.2, -0.15) is 26.3 Å². The number of benzene rings is 1. The Labute approximate surface area is 148 Å². The summed E-state index contributed by atoms with van der Waals surface area (Å²) in [5.74, 6) is -5.51. The number of carbonyl (C=O) groups is 2. The minimum Gasteiger partial charge on any atom is -0.475 e. The van der Waals surface area contributed by atoms with Gasteiger partial charge in [0.1, 0.15) is 0 Å². The minimum atomic E-state index is -5.08. The van der Waals surface area contributed by atoms with Crippen molar-refractivity contribution in [2.75, 3.05) is 6.54 Å². The lowest BCUT2D eigenvalue weighted by Crippen LogP contribution is -2.21. The Balaban J connectivity index is 0.000000416. The summed E-state index contributed by atoms with van der Waals surface area (Å²) in [6.45, 7) is 0.688. The lowest BCUT2D eigenvalue weighted by Gasteiger charge is -2.03. The van der Waals surface area contributed by atoms with Crippen molar-refractivity contribution in [2.24, 2.45) is 5.73 Å². The van der Waals surface area contributed by atoms with Gasteiger partial charge in [-0.15, -0.1) is 0 Å². The summed E-state index contributed by atoms with van der Waals surface area (Å²) in [7, 11) is 0. The molecule has 2 rings (SSSR count). The first-order valence-electron chi connectivity index (χ1n) is 6.93. The van der Waals surface area contributed by atoms with E-state index in [4.69, 9.17) is 25.5 Å². The third-order valence-electron chi connectivity index (χ3n) is 2.63. The molecule has 150 valence electrons. The molecule has 0 spiro atoms. The molecule has 2 aromatic rings. The van der Waals surface area contributed by atoms with Crippen LogP contribution < -0.4 is 5.73 Å². The van der Waals surface area contributed by atoms with Gasteiger partial charge in [-0.1, -0.05) is 18.2 Å². The number of nitrogens with zero attached hydrogens (tertiary/aromatic N) is 1. The Bertz CT molecular complexity index is 733. The maximum absolute atomic E-state index is 10.6. The molecule has 1 aromatic carbocycles. The van der Waals surface area contributed by atoms with E-state index in [9.17, 15) is 26.3 Å². The van der Waals surface area contributed by atoms with Crippen LogP contribution in [0.4, 0.5) is 26.3 Å². The molecule has 0 atom stereocenters. The summed E-state index contributed by atoms with van der Waals surface area (Å²) >= 11 is 0. The van der Waals surface area contributed by atoms with Crippen LogP contribution in [0.2, 0.25) is 0 Å². The van der Waals surface area contributed by atoms with E-state index < -0.39 is 24.3 Å². The maximum atomic E-state index is 10.6. The zero-order valence-corrected chi connectivity index (χ0v) is 13.4. The monoisotopic (exact) mass is 400 g/mol. The van der Waals surface area contributed by atoms with Crippen LogP contribution in [-0.2, 0) is 16.0 Å². The standard InChI is InChI=1S/C11H12N2.2C2HF3O2/c12-7-6-9-3-1-5-11-10(9)4-2-8-13-11;2*3-2(4,5)1(6)7/h1-5,8H,6-7,12H2;2*(H,6,7). The number of carboxylic acid groups (broad SMARTS) is 2. The van der Waals surface area contributed by atoms with Gasteiger partial charge >= 0.3 is 24.3 Å². The Kier molecular flexibility index (Phi) is 9.20. The molecule has 6 nitrogen and oxygen atoms in total. The number of nitrogens with two attached hydrogens (primary N) is 1. The van der Waals surface area contributed by atoms with E-state index in [1.54, 1.807) is 0 Å². The maximum Gasteiger partial charge on any atom is 0.490 e. The van der Waals surface area contributed by atoms with Crippen molar-refractivity contribution in [3.63, 3.8) is 0 Å². The first kappa shape index (κ1) is 24.1. The Morgan fingerprint density at radius 1 is 0.926 bits per heavy atom. The molecule has 12 heteroatoms. The lowest BCUT2D eigenvalue weighted by molar-refractivity contribution is -0.193. The molecule has 0 fully saturated rings. The molecule has 0 aliphatic heterocycles. The number of fused-ring (bicyclic) bond motifs is 1. The highest BCUT2D eigenvalue weighted by Crippen LogP contribution is 2.16. The second-order valence-corrected chi connectivity index (χ2v) is 4.63. The first-order chi connectivity index (χ1) is 12.3. The van der Waals surface area contributed by atoms with E-state index in [0.717, 1.165) is 11.9 Å². The zero-order valence-electron chi connectivity index (χ0n) is 13.4. The topological polar surface area (TPSA) is 114 Å². The number of rotatable bonds is 2. The van der Waals surface area contributed by atoms with E-state index >= 15 is 0 Å². The normalized spacial score (nSPS) is 10.9. The Morgan fingerprint density at radius 3 is 1.81 bits per heavy atom. The van der Waals surface area contributed by atoms with Crippen LogP contribution in [0.5, 0.6) is 0 Å². The van der Waals surface area contributed by atoms with E-state index in [2.05, 4.69) is 17.1 Å². The number of carboxylic acids is 2. The third-order valence-corrected chi connectivity index (χ3v) is 2.63. The third kappa shape index (κ3) is 9.39. The Morgan fingerprint density at radius 2 is 1.41 bits per heavy atom. The molecule has 0 amide bonds. The number of hydrogen-bond donors (Lipinski definition) is 3. The van der Waals surface area contributed by atoms with Crippen molar-refractivity contribution in [3.8, 4) is 0 Å². The quantitative estimate of drug-likeness (QED) is 0.668. The highest BCUT2D eigenvalue weighted by atomic mass is 19.4. The van der Waals surface area contributed by atoms with Crippen LogP contribution in [-0.4, -0.2) is 46.0 Å². The molecule has 0 bridgehead atoms. The fourth-order valence-electron chi connectivity index (χ4n) is 1.54. The average Bonchev–Trinajstić information content (AvgIpc) is 2.55. The van der Waals surface area contributed by atoms with Gasteiger partial charge < -0.3 is 15.9 Å². The van der Waals surface area contributed by atoms with E-state index in [-0.39, 0.29) is 0 Å². The molecule has 0 unspecified atom stereocenters. The molecule has 1 aromatic heterocycles. The lowest BCUT2D eigenvalue weighted by atomic mass is 10.1. The van der Waals surface area contributed by atoms with Gasteiger partial charge in [0.2, 0.25) is 0 Å². The molecule has 0 aliphatic carbocycles. The number of hydrogen-bond acceptors (Lipinski definition) is 4. The van der Waals surface area contributed by atoms with Crippen molar-refractivity contribution < 1.29 is 46.1 Å². The highest BCUT2D eigenvalue weighted by Gasteiger charge is 2.38. The average molecular weight is 400 g/mol. The number of aliphatic carboxylic acids is 2. The molecule has 0 radical (unpaired) electrons. The molecule has 0 saturated carbocycles. The molecule has 0 saturated heterocycles. The van der Waals surface area contributed by atoms with Crippen LogP contribution in [0.25, 0.3) is 10.9 Å². The molecule has 4 N–H and O–H groups in total. The summed E-state index contributed by atoms with van der Waals surface area (Å²) in [5.41, 5.74) is 7.87. The van der Waals surface area contributed by atoms with Gasteiger partial charge in [-0.25, -0.2) is 9.59 Å². The first-order valence-corrected chi connectivity index (χ1v) is 6.93. The summed E-state index contributed by atoms with van der Waals surface area (Å²) in [6.07, 6.45) is -7.43. The zero-order chi connectivity index (χ0) is 21.3. The van der Waals surface area contributed by atoms with E-state index in [1.165, 1.54) is 10.9 Å². The van der Waals surface area contributed by atoms with Crippen molar-refractivity contribution in [1.29, 1.82) is 0 Å². The number of pyridine rings is 1. The van der Waals surface area contributed by atoms with Gasteiger partial charge in [-0.3, -0.25) is 4.98 Å². The number of aromatic nitrogens is 1. The fraction of sp³-hybridized carbons (Fsp3) is 0.267. The smallest absolute Gasteiger partial charge is 0.475 e. The minimum absolute atomic E-state index is 0.688. The van der Waals surface area contributed by atoms with Crippen LogP contribution in [0, 0.1) is 0 Å². The summed E-state index contributed by atoms with van der Waals surface area (Å²) in [4.78, 5) is 22.1. The van der Waals surface area contributed by atoms with Crippen molar-refractivity contribution in [2.45, 2.75) is 18.8 Å². The fourth-order valence-corrected chi connectivity index (χ4v) is 1.54. The summed E-state index contributed by atoms with van der Waals surface area (Å²) in [6, 6.07) is 10.2. The summed E-state index contributed by atoms with van der Waals surface area (Å²) in [5, 5.41) is 15.5. The molecule has 1 heterocycles. The predicted molar refractivity (Wildman–Crippen MR) is 81.9 cm³/mol. The highest BCUT2D eigenvalue weighted by molar-refractivity contribution is 5.81. The van der Waals surface area contributed by atoms with Crippen LogP contribution >= 0.6 is 0 Å². The second kappa shape index (κ2) is 10.3. The van der Waals surface area contributed by atoms with Crippen molar-refractivity contribution in [1.82, 2.24) is 4.98 Å². The van der Waals surface area contributed by atoms with Crippen LogP contribution in [0.1, 0.15) is 5.56 Å². The van der Waals surface area contributed by atoms with Gasteiger partial charge in [0, 0.05) is 11.6 Å². The SMILES string of the molecule is NCCc1cccc2ncccc12.O=C(O)C(F)(F)F.O=C(O)C(F)(F)F. The van der Waals surface area contributed by atoms with Gasteiger partial charge in [0.15, 0.2) is 0 Å². The molecule has 27 heavy (non-hydrogen) atoms. The number of halogens is 6. The van der Waals surface area contributed by atoms with E-state index in [1.807, 2.05) is 24.4 Å². The van der Waals surface area contributed by atoms with Crippen molar-refractivity contribution in [3.05, 3.63) is 42.1 Å².